The van der Waals surface area contributed by atoms with Gasteiger partial charge in [-0.05, 0) is 13.0 Å². The van der Waals surface area contributed by atoms with Crippen LogP contribution in [0.3, 0.4) is 0 Å². The SMILES string of the molecule is COc1ccc([N+](=O)[O-])cc1S(=O)(=O)Nc1n[nH]c(C)n1. The predicted octanol–water partition coefficient (Wildman–Crippen LogP) is 0.831. The van der Waals surface area contributed by atoms with Gasteiger partial charge in [-0.1, -0.05) is 0 Å². The number of nitrogens with one attached hydrogen (secondary N) is 2. The van der Waals surface area contributed by atoms with Gasteiger partial charge in [0.2, 0.25) is 0 Å². The molecule has 2 rings (SSSR count). The first-order valence-electron chi connectivity index (χ1n) is 5.58. The lowest BCUT2D eigenvalue weighted by molar-refractivity contribution is -0.385. The molecule has 2 aromatic rings. The molecule has 0 amide bonds. The molecule has 0 spiro atoms. The summed E-state index contributed by atoms with van der Waals surface area (Å²) in [6, 6.07) is 3.26. The topological polar surface area (TPSA) is 140 Å². The Balaban J connectivity index is 2.47. The maximum absolute atomic E-state index is 12.3. The van der Waals surface area contributed by atoms with Crippen LogP contribution >= 0.6 is 0 Å². The van der Waals surface area contributed by atoms with Gasteiger partial charge >= 0.3 is 0 Å². The molecule has 2 N–H and O–H groups in total. The van der Waals surface area contributed by atoms with Gasteiger partial charge < -0.3 is 4.74 Å². The lowest BCUT2D eigenvalue weighted by Gasteiger charge is -2.09. The van der Waals surface area contributed by atoms with Crippen LogP contribution in [0.25, 0.3) is 0 Å². The lowest BCUT2D eigenvalue weighted by Crippen LogP contribution is -2.15. The zero-order chi connectivity index (χ0) is 15.6. The van der Waals surface area contributed by atoms with E-state index in [4.69, 9.17) is 4.74 Å². The molecule has 21 heavy (non-hydrogen) atoms. The fourth-order valence-corrected chi connectivity index (χ4v) is 2.69. The van der Waals surface area contributed by atoms with E-state index in [0.717, 1.165) is 12.1 Å². The number of nitro benzene ring substituents is 1. The highest BCUT2D eigenvalue weighted by molar-refractivity contribution is 7.92. The number of sulfonamides is 1. The van der Waals surface area contributed by atoms with Crippen LogP contribution in [0, 0.1) is 17.0 Å². The standard InChI is InChI=1S/C10H11N5O5S/c1-6-11-10(13-12-6)14-21(18,19)9-5-7(15(16)17)3-4-8(9)20-2/h3-5H,1-2H3,(H2,11,12,13,14). The van der Waals surface area contributed by atoms with Crippen molar-refractivity contribution in [1.29, 1.82) is 0 Å². The van der Waals surface area contributed by atoms with E-state index < -0.39 is 14.9 Å². The van der Waals surface area contributed by atoms with E-state index in [0.29, 0.717) is 5.82 Å². The van der Waals surface area contributed by atoms with Crippen LogP contribution in [0.15, 0.2) is 23.1 Å². The Bertz CT molecular complexity index is 785. The molecular formula is C10H11N5O5S. The van der Waals surface area contributed by atoms with Crippen LogP contribution in [0.2, 0.25) is 0 Å². The second-order valence-corrected chi connectivity index (χ2v) is 5.59. The fraction of sp³-hybridized carbons (Fsp3) is 0.200. The van der Waals surface area contributed by atoms with Crippen molar-refractivity contribution in [3.8, 4) is 5.75 Å². The highest BCUT2D eigenvalue weighted by Gasteiger charge is 2.24. The lowest BCUT2D eigenvalue weighted by atomic mass is 10.3. The second-order valence-electron chi connectivity index (χ2n) is 3.94. The number of ether oxygens (including phenoxy) is 1. The summed E-state index contributed by atoms with van der Waals surface area (Å²) >= 11 is 0. The number of H-pyrrole nitrogens is 1. The number of non-ortho nitro benzene ring substituents is 1. The van der Waals surface area contributed by atoms with Gasteiger partial charge in [0, 0.05) is 12.1 Å². The third-order valence-corrected chi connectivity index (χ3v) is 3.82. The minimum absolute atomic E-state index is 0.0274. The van der Waals surface area contributed by atoms with Crippen LogP contribution < -0.4 is 9.46 Å². The average Bonchev–Trinajstić information content (AvgIpc) is 2.82. The number of hydrogen-bond acceptors (Lipinski definition) is 7. The van der Waals surface area contributed by atoms with Crippen LogP contribution in [0.5, 0.6) is 5.75 Å². The summed E-state index contributed by atoms with van der Waals surface area (Å²) in [6.07, 6.45) is 0. The van der Waals surface area contributed by atoms with E-state index in [1.807, 2.05) is 0 Å². The third kappa shape index (κ3) is 3.08. The number of benzene rings is 1. The zero-order valence-corrected chi connectivity index (χ0v) is 11.8. The molecule has 0 saturated carbocycles. The normalized spacial score (nSPS) is 11.1. The highest BCUT2D eigenvalue weighted by Crippen LogP contribution is 2.29. The first-order valence-corrected chi connectivity index (χ1v) is 7.06. The molecule has 0 atom stereocenters. The first-order chi connectivity index (χ1) is 9.83. The quantitative estimate of drug-likeness (QED) is 0.615. The number of aryl methyl sites for hydroxylation is 1. The average molecular weight is 313 g/mol. The number of rotatable bonds is 5. The van der Waals surface area contributed by atoms with Gasteiger partial charge in [-0.25, -0.2) is 13.1 Å². The van der Waals surface area contributed by atoms with Crippen LogP contribution in [0.1, 0.15) is 5.82 Å². The summed E-state index contributed by atoms with van der Waals surface area (Å²) in [6.45, 7) is 1.60. The highest BCUT2D eigenvalue weighted by atomic mass is 32.2. The molecule has 0 aliphatic rings. The van der Waals surface area contributed by atoms with Gasteiger partial charge in [0.1, 0.15) is 16.5 Å². The number of nitrogens with zero attached hydrogens (tertiary/aromatic N) is 3. The van der Waals surface area contributed by atoms with E-state index in [9.17, 15) is 18.5 Å². The molecule has 1 heterocycles. The minimum atomic E-state index is -4.12. The van der Waals surface area contributed by atoms with Crippen molar-refractivity contribution >= 4 is 21.7 Å². The number of methoxy groups -OCH3 is 1. The Morgan fingerprint density at radius 2 is 2.14 bits per heavy atom. The molecule has 11 heteroatoms. The molecule has 0 aliphatic heterocycles. The molecule has 0 unspecified atom stereocenters. The van der Waals surface area contributed by atoms with Gasteiger partial charge in [0.15, 0.2) is 0 Å². The summed E-state index contributed by atoms with van der Waals surface area (Å²) in [5.41, 5.74) is -0.373. The van der Waals surface area contributed by atoms with Crippen LogP contribution in [-0.4, -0.2) is 35.6 Å². The van der Waals surface area contributed by atoms with Crippen molar-refractivity contribution < 1.29 is 18.1 Å². The van der Waals surface area contributed by atoms with E-state index >= 15 is 0 Å². The summed E-state index contributed by atoms with van der Waals surface area (Å²) in [5, 5.41) is 16.9. The predicted molar refractivity (Wildman–Crippen MR) is 71.6 cm³/mol. The Labute approximate surface area is 119 Å². The largest absolute Gasteiger partial charge is 0.495 e. The number of nitro groups is 1. The van der Waals surface area contributed by atoms with Crippen molar-refractivity contribution in [3.05, 3.63) is 34.1 Å². The van der Waals surface area contributed by atoms with Gasteiger partial charge in [0.25, 0.3) is 21.7 Å². The van der Waals surface area contributed by atoms with Crippen molar-refractivity contribution in [3.63, 3.8) is 0 Å². The van der Waals surface area contributed by atoms with Crippen LogP contribution in [0.4, 0.5) is 11.6 Å². The number of anilines is 1. The van der Waals surface area contributed by atoms with E-state index in [2.05, 4.69) is 19.9 Å². The first kappa shape index (κ1) is 14.7. The van der Waals surface area contributed by atoms with Crippen LogP contribution in [-0.2, 0) is 10.0 Å². The Kier molecular flexibility index (Phi) is 3.76. The molecule has 112 valence electrons. The molecule has 1 aromatic heterocycles. The number of hydrogen-bond donors (Lipinski definition) is 2. The summed E-state index contributed by atoms with van der Waals surface area (Å²) in [7, 11) is -2.86. The van der Waals surface area contributed by atoms with E-state index in [1.54, 1.807) is 6.92 Å². The summed E-state index contributed by atoms with van der Waals surface area (Å²) in [4.78, 5) is 13.5. The number of aromatic nitrogens is 3. The summed E-state index contributed by atoms with van der Waals surface area (Å²) < 4.78 is 31.5. The van der Waals surface area contributed by atoms with Crippen molar-refractivity contribution in [1.82, 2.24) is 15.2 Å². The second kappa shape index (κ2) is 5.36. The van der Waals surface area contributed by atoms with Gasteiger partial charge in [0.05, 0.1) is 12.0 Å². The number of aromatic amines is 1. The Morgan fingerprint density at radius 3 is 2.67 bits per heavy atom. The van der Waals surface area contributed by atoms with Gasteiger partial charge in [-0.15, -0.1) is 5.10 Å². The fourth-order valence-electron chi connectivity index (χ4n) is 1.55. The van der Waals surface area contributed by atoms with Crippen molar-refractivity contribution in [2.24, 2.45) is 0 Å². The Hall–Kier alpha value is -2.69. The molecule has 0 saturated heterocycles. The van der Waals surface area contributed by atoms with E-state index in [-0.39, 0.29) is 22.3 Å². The maximum atomic E-state index is 12.3. The van der Waals surface area contributed by atoms with Gasteiger partial charge in [-0.3, -0.25) is 15.2 Å². The van der Waals surface area contributed by atoms with E-state index in [1.165, 1.54) is 13.2 Å². The molecule has 0 aliphatic carbocycles. The molecule has 1 aromatic carbocycles. The van der Waals surface area contributed by atoms with Crippen molar-refractivity contribution in [2.75, 3.05) is 11.8 Å². The molecular weight excluding hydrogens is 302 g/mol. The molecule has 0 radical (unpaired) electrons. The minimum Gasteiger partial charge on any atom is -0.495 e. The van der Waals surface area contributed by atoms with Gasteiger partial charge in [-0.2, -0.15) is 4.98 Å². The smallest absolute Gasteiger partial charge is 0.271 e. The monoisotopic (exact) mass is 313 g/mol. The maximum Gasteiger partial charge on any atom is 0.271 e. The van der Waals surface area contributed by atoms with Crippen molar-refractivity contribution in [2.45, 2.75) is 11.8 Å². The summed E-state index contributed by atoms with van der Waals surface area (Å²) in [5.74, 6) is 0.222. The molecule has 0 bridgehead atoms. The Morgan fingerprint density at radius 1 is 1.43 bits per heavy atom. The molecule has 10 nitrogen and oxygen atoms in total. The zero-order valence-electron chi connectivity index (χ0n) is 11.0. The molecule has 0 fully saturated rings. The third-order valence-electron chi connectivity index (χ3n) is 2.47.